The zero-order valence-electron chi connectivity index (χ0n) is 7.88. The molecule has 0 aromatic heterocycles. The maximum atomic E-state index is 7.57. The van der Waals surface area contributed by atoms with Crippen molar-refractivity contribution in [1.82, 2.24) is 5.32 Å². The molecule has 0 saturated carbocycles. The van der Waals surface area contributed by atoms with Gasteiger partial charge >= 0.3 is 0 Å². The highest BCUT2D eigenvalue weighted by atomic mass is 35.5. The number of nitrogens with one attached hydrogen (secondary N) is 2. The summed E-state index contributed by atoms with van der Waals surface area (Å²) in [4.78, 5) is 3.88. The zero-order valence-corrected chi connectivity index (χ0v) is 8.64. The Hall–Kier alpha value is -1.13. The first-order valence-corrected chi connectivity index (χ1v) is 4.55. The third-order valence-electron chi connectivity index (χ3n) is 1.64. The SMILES string of the molecule is COCCN/C=C1\C(=N)C=CN=C1Cl. The van der Waals surface area contributed by atoms with E-state index in [-0.39, 0.29) is 0 Å². The predicted octanol–water partition coefficient (Wildman–Crippen LogP) is 1.29. The molecule has 76 valence electrons. The van der Waals surface area contributed by atoms with Crippen LogP contribution >= 0.6 is 11.6 Å². The summed E-state index contributed by atoms with van der Waals surface area (Å²) in [5.41, 5.74) is 0.959. The fraction of sp³-hybridized carbons (Fsp3) is 0.333. The minimum Gasteiger partial charge on any atom is -0.388 e. The second kappa shape index (κ2) is 5.57. The van der Waals surface area contributed by atoms with Gasteiger partial charge in [0.25, 0.3) is 0 Å². The predicted molar refractivity (Wildman–Crippen MR) is 58.1 cm³/mol. The van der Waals surface area contributed by atoms with Gasteiger partial charge in [-0.1, -0.05) is 11.6 Å². The molecule has 2 N–H and O–H groups in total. The Labute approximate surface area is 87.8 Å². The van der Waals surface area contributed by atoms with Crippen LogP contribution in [-0.4, -0.2) is 31.1 Å². The molecule has 0 aliphatic carbocycles. The summed E-state index contributed by atoms with van der Waals surface area (Å²) in [6.45, 7) is 1.29. The first kappa shape index (κ1) is 10.9. The highest BCUT2D eigenvalue weighted by Crippen LogP contribution is 2.10. The largest absolute Gasteiger partial charge is 0.388 e. The maximum absolute atomic E-state index is 7.57. The molecule has 0 amide bonds. The summed E-state index contributed by atoms with van der Waals surface area (Å²) in [7, 11) is 1.63. The van der Waals surface area contributed by atoms with Crippen LogP contribution < -0.4 is 5.32 Å². The number of ether oxygens (including phenoxy) is 1. The van der Waals surface area contributed by atoms with Gasteiger partial charge in [0, 0.05) is 26.1 Å². The lowest BCUT2D eigenvalue weighted by molar-refractivity contribution is 0.203. The van der Waals surface area contributed by atoms with Gasteiger partial charge in [0.1, 0.15) is 5.17 Å². The molecule has 0 aromatic carbocycles. The zero-order chi connectivity index (χ0) is 10.4. The third kappa shape index (κ3) is 2.97. The van der Waals surface area contributed by atoms with Gasteiger partial charge in [-0.2, -0.15) is 0 Å². The van der Waals surface area contributed by atoms with Crippen molar-refractivity contribution < 1.29 is 4.74 Å². The minimum absolute atomic E-state index is 0.336. The van der Waals surface area contributed by atoms with E-state index in [0.717, 1.165) is 0 Å². The Morgan fingerprint density at radius 1 is 1.71 bits per heavy atom. The van der Waals surface area contributed by atoms with Crippen molar-refractivity contribution in [3.63, 3.8) is 0 Å². The molecule has 0 spiro atoms. The molecule has 4 nitrogen and oxygen atoms in total. The van der Waals surface area contributed by atoms with E-state index >= 15 is 0 Å². The first-order valence-electron chi connectivity index (χ1n) is 4.17. The highest BCUT2D eigenvalue weighted by molar-refractivity contribution is 6.73. The lowest BCUT2D eigenvalue weighted by Crippen LogP contribution is -2.17. The quantitative estimate of drug-likeness (QED) is 0.692. The molecule has 0 atom stereocenters. The van der Waals surface area contributed by atoms with Crippen molar-refractivity contribution in [1.29, 1.82) is 5.41 Å². The van der Waals surface area contributed by atoms with E-state index in [1.165, 1.54) is 6.20 Å². The van der Waals surface area contributed by atoms with Crippen LogP contribution in [0.15, 0.2) is 29.0 Å². The average Bonchev–Trinajstić information content (AvgIpc) is 2.16. The lowest BCUT2D eigenvalue weighted by Gasteiger charge is -2.08. The number of allylic oxidation sites excluding steroid dienone is 2. The topological polar surface area (TPSA) is 57.5 Å². The van der Waals surface area contributed by atoms with Crippen LogP contribution in [0.2, 0.25) is 0 Å². The Morgan fingerprint density at radius 2 is 2.50 bits per heavy atom. The van der Waals surface area contributed by atoms with Crippen LogP contribution in [0.4, 0.5) is 0 Å². The Morgan fingerprint density at radius 3 is 3.14 bits per heavy atom. The number of rotatable bonds is 4. The van der Waals surface area contributed by atoms with Gasteiger partial charge in [0.2, 0.25) is 0 Å². The molecule has 0 saturated heterocycles. The molecular weight excluding hydrogens is 202 g/mol. The number of methoxy groups -OCH3 is 1. The van der Waals surface area contributed by atoms with Gasteiger partial charge in [0.15, 0.2) is 0 Å². The minimum atomic E-state index is 0.336. The molecule has 1 rings (SSSR count). The van der Waals surface area contributed by atoms with Crippen molar-refractivity contribution >= 4 is 22.5 Å². The van der Waals surface area contributed by atoms with Crippen LogP contribution in [0.3, 0.4) is 0 Å². The molecule has 5 heteroatoms. The van der Waals surface area contributed by atoms with E-state index in [1.807, 2.05) is 0 Å². The first-order chi connectivity index (χ1) is 6.75. The molecule has 1 aliphatic rings. The fourth-order valence-corrected chi connectivity index (χ4v) is 1.13. The van der Waals surface area contributed by atoms with Crippen LogP contribution in [0.25, 0.3) is 0 Å². The van der Waals surface area contributed by atoms with Gasteiger partial charge in [-0.25, -0.2) is 4.99 Å². The number of nitrogens with zero attached hydrogens (tertiary/aromatic N) is 1. The van der Waals surface area contributed by atoms with E-state index in [1.54, 1.807) is 19.4 Å². The summed E-state index contributed by atoms with van der Waals surface area (Å²) in [5.74, 6) is 0. The normalized spacial score (nSPS) is 18.6. The smallest absolute Gasteiger partial charge is 0.139 e. The monoisotopic (exact) mass is 213 g/mol. The van der Waals surface area contributed by atoms with E-state index in [2.05, 4.69) is 10.3 Å². The Kier molecular flexibility index (Phi) is 4.35. The molecule has 1 aliphatic heterocycles. The number of halogens is 1. The highest BCUT2D eigenvalue weighted by Gasteiger charge is 2.10. The number of hydrogen-bond acceptors (Lipinski definition) is 4. The number of hydrogen-bond donors (Lipinski definition) is 2. The van der Waals surface area contributed by atoms with Gasteiger partial charge in [0.05, 0.1) is 17.9 Å². The standard InChI is InChI=1S/C9H12ClN3O/c1-14-5-4-12-6-7-8(11)2-3-13-9(7)10/h2-3,6,11-12H,4-5H2,1H3/b7-6+,11-8?. The molecular formula is C9H12ClN3O. The fourth-order valence-electron chi connectivity index (χ4n) is 0.920. The van der Waals surface area contributed by atoms with Gasteiger partial charge in [-0.15, -0.1) is 0 Å². The summed E-state index contributed by atoms with van der Waals surface area (Å²) >= 11 is 5.81. The van der Waals surface area contributed by atoms with Crippen molar-refractivity contribution in [3.05, 3.63) is 24.0 Å². The molecule has 0 aromatic rings. The lowest BCUT2D eigenvalue weighted by atomic mass is 10.1. The van der Waals surface area contributed by atoms with E-state index < -0.39 is 0 Å². The van der Waals surface area contributed by atoms with Gasteiger partial charge in [-0.3, -0.25) is 0 Å². The molecule has 1 heterocycles. The van der Waals surface area contributed by atoms with E-state index in [0.29, 0.717) is 29.6 Å². The van der Waals surface area contributed by atoms with Gasteiger partial charge in [-0.05, 0) is 6.08 Å². The molecule has 0 radical (unpaired) electrons. The Bertz CT molecular complexity index is 307. The molecule has 0 unspecified atom stereocenters. The average molecular weight is 214 g/mol. The second-order valence-electron chi connectivity index (χ2n) is 2.65. The van der Waals surface area contributed by atoms with Crippen molar-refractivity contribution in [3.8, 4) is 0 Å². The van der Waals surface area contributed by atoms with E-state index in [4.69, 9.17) is 21.7 Å². The van der Waals surface area contributed by atoms with Crippen LogP contribution in [-0.2, 0) is 4.74 Å². The van der Waals surface area contributed by atoms with Crippen LogP contribution in [0, 0.1) is 5.41 Å². The summed E-state index contributed by atoms with van der Waals surface area (Å²) < 4.78 is 4.86. The summed E-state index contributed by atoms with van der Waals surface area (Å²) in [5, 5.41) is 10.9. The maximum Gasteiger partial charge on any atom is 0.139 e. The van der Waals surface area contributed by atoms with Crippen LogP contribution in [0.1, 0.15) is 0 Å². The van der Waals surface area contributed by atoms with Crippen molar-refractivity contribution in [2.45, 2.75) is 0 Å². The van der Waals surface area contributed by atoms with Gasteiger partial charge < -0.3 is 15.5 Å². The summed E-state index contributed by atoms with van der Waals surface area (Å²) in [6, 6.07) is 0. The van der Waals surface area contributed by atoms with Crippen LogP contribution in [0.5, 0.6) is 0 Å². The third-order valence-corrected chi connectivity index (χ3v) is 1.94. The number of aliphatic imine (C=N–C) groups is 1. The Balaban J connectivity index is 2.53. The van der Waals surface area contributed by atoms with Crippen molar-refractivity contribution in [2.24, 2.45) is 4.99 Å². The van der Waals surface area contributed by atoms with Crippen molar-refractivity contribution in [2.75, 3.05) is 20.3 Å². The molecule has 0 bridgehead atoms. The van der Waals surface area contributed by atoms with E-state index in [9.17, 15) is 0 Å². The summed E-state index contributed by atoms with van der Waals surface area (Å²) in [6.07, 6.45) is 4.78. The second-order valence-corrected chi connectivity index (χ2v) is 3.01. The molecule has 0 fully saturated rings. The molecule has 14 heavy (non-hydrogen) atoms.